The smallest absolute Gasteiger partial charge is 0.0448 e. The number of aromatic nitrogens is 1. The fourth-order valence-electron chi connectivity index (χ4n) is 1.99. The largest absolute Gasteiger partial charge is 0.371 e. The first-order chi connectivity index (χ1) is 8.01. The maximum atomic E-state index is 5.84. The maximum Gasteiger partial charge on any atom is 0.0448 e. The van der Waals surface area contributed by atoms with Gasteiger partial charge in [0.1, 0.15) is 0 Å². The minimum Gasteiger partial charge on any atom is -0.371 e. The Bertz CT molecular complexity index is 379. The van der Waals surface area contributed by atoms with Gasteiger partial charge >= 0.3 is 0 Å². The van der Waals surface area contributed by atoms with E-state index in [1.165, 1.54) is 5.69 Å². The predicted molar refractivity (Wildman–Crippen MR) is 77.8 cm³/mol. The summed E-state index contributed by atoms with van der Waals surface area (Å²) in [6, 6.07) is 2.63. The monoisotopic (exact) mass is 253 g/mol. The second-order valence-corrected chi connectivity index (χ2v) is 5.38. The Labute approximate surface area is 109 Å². The molecule has 0 radical (unpaired) electrons. The van der Waals surface area contributed by atoms with Crippen molar-refractivity contribution < 1.29 is 0 Å². The summed E-state index contributed by atoms with van der Waals surface area (Å²) < 4.78 is 0. The first-order valence-corrected chi connectivity index (χ1v) is 7.29. The van der Waals surface area contributed by atoms with Crippen LogP contribution in [0, 0.1) is 13.8 Å². The third-order valence-corrected chi connectivity index (χ3v) is 3.90. The molecule has 3 nitrogen and oxygen atoms in total. The van der Waals surface area contributed by atoms with Crippen molar-refractivity contribution in [3.05, 3.63) is 23.0 Å². The molecule has 1 rings (SSSR count). The van der Waals surface area contributed by atoms with Gasteiger partial charge < -0.3 is 10.6 Å². The average Bonchev–Trinajstić information content (AvgIpc) is 2.27. The van der Waals surface area contributed by atoms with Crippen LogP contribution in [0.3, 0.4) is 0 Å². The first kappa shape index (κ1) is 14.3. The Morgan fingerprint density at radius 1 is 1.47 bits per heavy atom. The highest BCUT2D eigenvalue weighted by molar-refractivity contribution is 7.98. The quantitative estimate of drug-likeness (QED) is 0.874. The van der Waals surface area contributed by atoms with Gasteiger partial charge in [-0.15, -0.1) is 0 Å². The van der Waals surface area contributed by atoms with Crippen molar-refractivity contribution in [2.75, 3.05) is 24.0 Å². The Morgan fingerprint density at radius 3 is 2.65 bits per heavy atom. The van der Waals surface area contributed by atoms with Gasteiger partial charge in [0.15, 0.2) is 0 Å². The molecule has 1 heterocycles. The van der Waals surface area contributed by atoms with Gasteiger partial charge in [-0.05, 0) is 33.1 Å². The summed E-state index contributed by atoms with van der Waals surface area (Å²) in [5, 5.41) is 0. The number of pyridine rings is 1. The Hall–Kier alpha value is -0.740. The summed E-state index contributed by atoms with van der Waals surface area (Å²) in [6.45, 7) is 6.85. The highest BCUT2D eigenvalue weighted by Crippen LogP contribution is 2.24. The van der Waals surface area contributed by atoms with Crippen molar-refractivity contribution in [1.29, 1.82) is 0 Å². The van der Waals surface area contributed by atoms with Gasteiger partial charge in [-0.1, -0.05) is 0 Å². The SMILES string of the molecule is CSCC(C)N(C)c1cc(C)nc(C)c1CN. The van der Waals surface area contributed by atoms with Crippen molar-refractivity contribution in [2.45, 2.75) is 33.4 Å². The van der Waals surface area contributed by atoms with E-state index < -0.39 is 0 Å². The second kappa shape index (κ2) is 6.26. The van der Waals surface area contributed by atoms with Crippen LogP contribution in [0.1, 0.15) is 23.9 Å². The molecule has 1 unspecified atom stereocenters. The summed E-state index contributed by atoms with van der Waals surface area (Å²) >= 11 is 1.87. The molecule has 0 saturated carbocycles. The number of hydrogen-bond donors (Lipinski definition) is 1. The summed E-state index contributed by atoms with van der Waals surface area (Å²) in [7, 11) is 2.13. The van der Waals surface area contributed by atoms with Gasteiger partial charge in [-0.2, -0.15) is 11.8 Å². The normalized spacial score (nSPS) is 12.6. The van der Waals surface area contributed by atoms with Crippen molar-refractivity contribution in [2.24, 2.45) is 5.73 Å². The molecule has 4 heteroatoms. The second-order valence-electron chi connectivity index (χ2n) is 4.47. The zero-order valence-electron chi connectivity index (χ0n) is 11.4. The highest BCUT2D eigenvalue weighted by atomic mass is 32.2. The van der Waals surface area contributed by atoms with Gasteiger partial charge in [0.25, 0.3) is 0 Å². The van der Waals surface area contributed by atoms with Gasteiger partial charge in [0, 0.05) is 48.0 Å². The Morgan fingerprint density at radius 2 is 2.12 bits per heavy atom. The van der Waals surface area contributed by atoms with Crippen molar-refractivity contribution in [3.8, 4) is 0 Å². The lowest BCUT2D eigenvalue weighted by molar-refractivity contribution is 0.755. The van der Waals surface area contributed by atoms with E-state index in [0.29, 0.717) is 12.6 Å². The molecule has 96 valence electrons. The summed E-state index contributed by atoms with van der Waals surface area (Å²) in [5.41, 5.74) is 10.3. The Kier molecular flexibility index (Phi) is 5.28. The lowest BCUT2D eigenvalue weighted by Gasteiger charge is -2.29. The minimum absolute atomic E-state index is 0.497. The van der Waals surface area contributed by atoms with Crippen LogP contribution in [0.5, 0.6) is 0 Å². The van der Waals surface area contributed by atoms with E-state index in [1.54, 1.807) is 0 Å². The predicted octanol–water partition coefficient (Wildman–Crippen LogP) is 2.34. The number of hydrogen-bond acceptors (Lipinski definition) is 4. The molecule has 0 aliphatic rings. The van der Waals surface area contributed by atoms with Crippen molar-refractivity contribution in [1.82, 2.24) is 4.98 Å². The number of thioether (sulfide) groups is 1. The highest BCUT2D eigenvalue weighted by Gasteiger charge is 2.15. The van der Waals surface area contributed by atoms with E-state index in [-0.39, 0.29) is 0 Å². The molecule has 1 aromatic rings. The van der Waals surface area contributed by atoms with Crippen LogP contribution in [-0.4, -0.2) is 30.1 Å². The fourth-order valence-corrected chi connectivity index (χ4v) is 2.70. The number of nitrogens with zero attached hydrogens (tertiary/aromatic N) is 2. The molecule has 0 aromatic carbocycles. The van der Waals surface area contributed by atoms with E-state index in [1.807, 2.05) is 25.6 Å². The van der Waals surface area contributed by atoms with Crippen LogP contribution in [0.25, 0.3) is 0 Å². The van der Waals surface area contributed by atoms with Gasteiger partial charge in [0.05, 0.1) is 0 Å². The first-order valence-electron chi connectivity index (χ1n) is 5.90. The van der Waals surface area contributed by atoms with Crippen LogP contribution < -0.4 is 10.6 Å². The van der Waals surface area contributed by atoms with Crippen LogP contribution in [-0.2, 0) is 6.54 Å². The summed E-state index contributed by atoms with van der Waals surface area (Å²) in [4.78, 5) is 6.79. The third-order valence-electron chi connectivity index (χ3n) is 3.09. The molecule has 17 heavy (non-hydrogen) atoms. The van der Waals surface area contributed by atoms with Crippen LogP contribution in [0.2, 0.25) is 0 Å². The van der Waals surface area contributed by atoms with Crippen molar-refractivity contribution in [3.63, 3.8) is 0 Å². The summed E-state index contributed by atoms with van der Waals surface area (Å²) in [5.74, 6) is 1.11. The molecular weight excluding hydrogens is 230 g/mol. The van der Waals surface area contributed by atoms with Crippen LogP contribution >= 0.6 is 11.8 Å². The molecular formula is C13H23N3S. The maximum absolute atomic E-state index is 5.84. The topological polar surface area (TPSA) is 42.2 Å². The summed E-state index contributed by atoms with van der Waals surface area (Å²) in [6.07, 6.45) is 2.14. The standard InChI is InChI=1S/C13H23N3S/c1-9-6-13(12(7-14)11(3)15-9)16(4)10(2)8-17-5/h6,10H,7-8,14H2,1-5H3. The molecule has 0 bridgehead atoms. The van der Waals surface area contributed by atoms with Gasteiger partial charge in [-0.3, -0.25) is 4.98 Å². The molecule has 0 amide bonds. The average molecular weight is 253 g/mol. The van der Waals surface area contributed by atoms with Gasteiger partial charge in [0.2, 0.25) is 0 Å². The number of nitrogens with two attached hydrogens (primary N) is 1. The third kappa shape index (κ3) is 3.36. The molecule has 0 aliphatic heterocycles. The molecule has 0 fully saturated rings. The number of anilines is 1. The van der Waals surface area contributed by atoms with Crippen LogP contribution in [0.4, 0.5) is 5.69 Å². The molecule has 0 aliphatic carbocycles. The molecule has 0 saturated heterocycles. The van der Waals surface area contributed by atoms with E-state index in [9.17, 15) is 0 Å². The number of aryl methyl sites for hydroxylation is 2. The molecule has 1 aromatic heterocycles. The zero-order chi connectivity index (χ0) is 13.0. The molecule has 0 spiro atoms. The lowest BCUT2D eigenvalue weighted by Crippen LogP contribution is -2.32. The zero-order valence-corrected chi connectivity index (χ0v) is 12.3. The van der Waals surface area contributed by atoms with E-state index in [4.69, 9.17) is 5.73 Å². The van der Waals surface area contributed by atoms with E-state index in [0.717, 1.165) is 22.7 Å². The van der Waals surface area contributed by atoms with E-state index >= 15 is 0 Å². The van der Waals surface area contributed by atoms with Crippen LogP contribution in [0.15, 0.2) is 6.07 Å². The Balaban J connectivity index is 3.11. The lowest BCUT2D eigenvalue weighted by atomic mass is 10.1. The van der Waals surface area contributed by atoms with Crippen molar-refractivity contribution >= 4 is 17.4 Å². The van der Waals surface area contributed by atoms with E-state index in [2.05, 4.69) is 36.2 Å². The number of rotatable bonds is 5. The minimum atomic E-state index is 0.497. The fraction of sp³-hybridized carbons (Fsp3) is 0.615. The van der Waals surface area contributed by atoms with Gasteiger partial charge in [-0.25, -0.2) is 0 Å². The molecule has 2 N–H and O–H groups in total. The molecule has 1 atom stereocenters.